The zero-order valence-electron chi connectivity index (χ0n) is 14.5. The van der Waals surface area contributed by atoms with Crippen molar-refractivity contribution in [3.05, 3.63) is 59.2 Å². The summed E-state index contributed by atoms with van der Waals surface area (Å²) in [7, 11) is 0. The van der Waals surface area contributed by atoms with Gasteiger partial charge in [0.2, 0.25) is 0 Å². The van der Waals surface area contributed by atoms with Gasteiger partial charge in [0.05, 0.1) is 0 Å². The number of fused-ring (bicyclic) bond motifs is 1. The highest BCUT2D eigenvalue weighted by Gasteiger charge is 2.17. The summed E-state index contributed by atoms with van der Waals surface area (Å²) in [6.45, 7) is 3.88. The molecule has 0 unspecified atom stereocenters. The van der Waals surface area contributed by atoms with Crippen LogP contribution < -0.4 is 10.1 Å². The Bertz CT molecular complexity index is 724. The van der Waals surface area contributed by atoms with Crippen molar-refractivity contribution in [3.63, 3.8) is 0 Å². The second-order valence-electron chi connectivity index (χ2n) is 6.40. The highest BCUT2D eigenvalue weighted by Crippen LogP contribution is 2.26. The van der Waals surface area contributed by atoms with Crippen molar-refractivity contribution in [2.45, 2.75) is 52.1 Å². The third-order valence-electron chi connectivity index (χ3n) is 4.66. The first-order valence-electron chi connectivity index (χ1n) is 8.84. The molecule has 0 radical (unpaired) electrons. The molecule has 0 heterocycles. The Morgan fingerprint density at radius 3 is 2.67 bits per heavy atom. The minimum Gasteiger partial charge on any atom is -0.481 e. The van der Waals surface area contributed by atoms with Crippen LogP contribution in [-0.4, -0.2) is 12.0 Å². The number of hydrogen-bond donors (Lipinski definition) is 1. The van der Waals surface area contributed by atoms with Gasteiger partial charge in [-0.05, 0) is 73.9 Å². The topological polar surface area (TPSA) is 38.3 Å². The van der Waals surface area contributed by atoms with Crippen molar-refractivity contribution in [1.82, 2.24) is 0 Å². The number of hydrogen-bond acceptors (Lipinski definition) is 2. The highest BCUT2D eigenvalue weighted by molar-refractivity contribution is 5.94. The lowest BCUT2D eigenvalue weighted by Gasteiger charge is -2.19. The molecule has 126 valence electrons. The van der Waals surface area contributed by atoms with E-state index in [2.05, 4.69) is 24.4 Å². The van der Waals surface area contributed by atoms with E-state index in [1.165, 1.54) is 24.0 Å². The van der Waals surface area contributed by atoms with E-state index in [0.29, 0.717) is 0 Å². The smallest absolute Gasteiger partial charge is 0.265 e. The number of anilines is 1. The normalized spacial score (nSPS) is 14.6. The highest BCUT2D eigenvalue weighted by atomic mass is 16.5. The van der Waals surface area contributed by atoms with Crippen LogP contribution in [0.5, 0.6) is 5.75 Å². The second-order valence-corrected chi connectivity index (χ2v) is 6.40. The number of amides is 1. The average molecular weight is 323 g/mol. The maximum Gasteiger partial charge on any atom is 0.265 e. The van der Waals surface area contributed by atoms with Crippen molar-refractivity contribution in [1.29, 1.82) is 0 Å². The molecule has 24 heavy (non-hydrogen) atoms. The summed E-state index contributed by atoms with van der Waals surface area (Å²) in [6.07, 6.45) is 5.12. The van der Waals surface area contributed by atoms with Crippen LogP contribution in [0.3, 0.4) is 0 Å². The van der Waals surface area contributed by atoms with Gasteiger partial charge < -0.3 is 10.1 Å². The lowest BCUT2D eigenvalue weighted by molar-refractivity contribution is -0.122. The van der Waals surface area contributed by atoms with Crippen LogP contribution >= 0.6 is 0 Å². The van der Waals surface area contributed by atoms with E-state index in [-0.39, 0.29) is 5.91 Å². The third kappa shape index (κ3) is 3.78. The molecule has 0 bridgehead atoms. The molecule has 1 N–H and O–H groups in total. The van der Waals surface area contributed by atoms with E-state index in [0.717, 1.165) is 36.3 Å². The van der Waals surface area contributed by atoms with Gasteiger partial charge in [0, 0.05) is 5.69 Å². The molecule has 2 aromatic carbocycles. The summed E-state index contributed by atoms with van der Waals surface area (Å²) in [6, 6.07) is 14.1. The Labute approximate surface area is 144 Å². The minimum atomic E-state index is -0.531. The number of benzene rings is 2. The van der Waals surface area contributed by atoms with Crippen molar-refractivity contribution < 1.29 is 9.53 Å². The molecule has 3 heteroatoms. The third-order valence-corrected chi connectivity index (χ3v) is 4.66. The molecular weight excluding hydrogens is 298 g/mol. The molecular formula is C21H25NO2. The zero-order chi connectivity index (χ0) is 16.9. The molecule has 0 saturated heterocycles. The van der Waals surface area contributed by atoms with Gasteiger partial charge in [0.1, 0.15) is 5.75 Å². The summed E-state index contributed by atoms with van der Waals surface area (Å²) >= 11 is 0. The van der Waals surface area contributed by atoms with E-state index in [9.17, 15) is 4.79 Å². The predicted octanol–water partition coefficient (Wildman–Crippen LogP) is 4.53. The largest absolute Gasteiger partial charge is 0.481 e. The van der Waals surface area contributed by atoms with Crippen LogP contribution in [0.25, 0.3) is 0 Å². The van der Waals surface area contributed by atoms with Crippen LogP contribution in [0.4, 0.5) is 5.69 Å². The second kappa shape index (κ2) is 7.52. The zero-order valence-corrected chi connectivity index (χ0v) is 14.5. The molecule has 1 amide bonds. The number of carbonyl (C=O) groups excluding carboxylic acids is 1. The van der Waals surface area contributed by atoms with E-state index in [4.69, 9.17) is 4.74 Å². The Morgan fingerprint density at radius 2 is 1.88 bits per heavy atom. The molecule has 0 spiro atoms. The number of aryl methyl sites for hydroxylation is 3. The Kier molecular flexibility index (Phi) is 5.19. The summed E-state index contributed by atoms with van der Waals surface area (Å²) in [4.78, 5) is 12.4. The van der Waals surface area contributed by atoms with E-state index in [1.54, 1.807) is 6.92 Å². The molecule has 2 aromatic rings. The standard InChI is InChI=1S/C21H25NO2/c1-3-16-8-6-7-11-20(16)22-21(23)15(2)24-19-13-12-17-9-4-5-10-18(17)14-19/h6-8,11-15H,3-5,9-10H2,1-2H3,(H,22,23)/t15-/m1/s1. The predicted molar refractivity (Wildman–Crippen MR) is 97.6 cm³/mol. The van der Waals surface area contributed by atoms with Gasteiger partial charge in [-0.3, -0.25) is 4.79 Å². The minimum absolute atomic E-state index is 0.117. The lowest BCUT2D eigenvalue weighted by Crippen LogP contribution is -2.30. The van der Waals surface area contributed by atoms with E-state index < -0.39 is 6.10 Å². The molecule has 0 aromatic heterocycles. The fraction of sp³-hybridized carbons (Fsp3) is 0.381. The van der Waals surface area contributed by atoms with Gasteiger partial charge in [-0.2, -0.15) is 0 Å². The fourth-order valence-corrected chi connectivity index (χ4v) is 3.23. The number of para-hydroxylation sites is 1. The number of ether oxygens (including phenoxy) is 1. The maximum atomic E-state index is 12.4. The number of rotatable bonds is 5. The summed E-state index contributed by atoms with van der Waals surface area (Å²) in [5, 5.41) is 2.98. The SMILES string of the molecule is CCc1ccccc1NC(=O)[C@@H](C)Oc1ccc2c(c1)CCCC2. The molecule has 1 aliphatic carbocycles. The molecule has 1 atom stereocenters. The Balaban J connectivity index is 1.66. The van der Waals surface area contributed by atoms with Gasteiger partial charge in [-0.25, -0.2) is 0 Å². The average Bonchev–Trinajstić information content (AvgIpc) is 2.62. The van der Waals surface area contributed by atoms with Crippen LogP contribution in [0.15, 0.2) is 42.5 Å². The van der Waals surface area contributed by atoms with Crippen molar-refractivity contribution in [3.8, 4) is 5.75 Å². The Hall–Kier alpha value is -2.29. The van der Waals surface area contributed by atoms with Gasteiger partial charge in [-0.15, -0.1) is 0 Å². The van der Waals surface area contributed by atoms with Crippen LogP contribution in [0, 0.1) is 0 Å². The quantitative estimate of drug-likeness (QED) is 0.877. The van der Waals surface area contributed by atoms with Gasteiger partial charge in [0.25, 0.3) is 5.91 Å². The first-order chi connectivity index (χ1) is 11.7. The molecule has 1 aliphatic rings. The van der Waals surface area contributed by atoms with E-state index >= 15 is 0 Å². The number of nitrogens with one attached hydrogen (secondary N) is 1. The Morgan fingerprint density at radius 1 is 1.12 bits per heavy atom. The van der Waals surface area contributed by atoms with Crippen molar-refractivity contribution >= 4 is 11.6 Å². The first kappa shape index (κ1) is 16.6. The summed E-state index contributed by atoms with van der Waals surface area (Å²) in [5.41, 5.74) is 4.78. The van der Waals surface area contributed by atoms with Crippen molar-refractivity contribution in [2.75, 3.05) is 5.32 Å². The molecule has 0 aliphatic heterocycles. The van der Waals surface area contributed by atoms with Gasteiger partial charge >= 0.3 is 0 Å². The first-order valence-corrected chi connectivity index (χ1v) is 8.84. The maximum absolute atomic E-state index is 12.4. The van der Waals surface area contributed by atoms with Crippen molar-refractivity contribution in [2.24, 2.45) is 0 Å². The van der Waals surface area contributed by atoms with E-state index in [1.807, 2.05) is 30.3 Å². The summed E-state index contributed by atoms with van der Waals surface area (Å²) in [5.74, 6) is 0.663. The van der Waals surface area contributed by atoms with Gasteiger partial charge in [0.15, 0.2) is 6.10 Å². The van der Waals surface area contributed by atoms with Crippen LogP contribution in [0.2, 0.25) is 0 Å². The molecule has 0 fully saturated rings. The molecule has 3 rings (SSSR count). The van der Waals surface area contributed by atoms with Crippen LogP contribution in [0.1, 0.15) is 43.4 Å². The molecule has 3 nitrogen and oxygen atoms in total. The number of carbonyl (C=O) groups is 1. The lowest BCUT2D eigenvalue weighted by atomic mass is 9.92. The fourth-order valence-electron chi connectivity index (χ4n) is 3.23. The molecule has 0 saturated carbocycles. The van der Waals surface area contributed by atoms with Gasteiger partial charge in [-0.1, -0.05) is 31.2 Å². The summed E-state index contributed by atoms with van der Waals surface area (Å²) < 4.78 is 5.88. The van der Waals surface area contributed by atoms with Crippen LogP contribution in [-0.2, 0) is 24.1 Å². The monoisotopic (exact) mass is 323 g/mol.